The number of halogens is 1. The molecule has 23 heavy (non-hydrogen) atoms. The number of phenolic OH excluding ortho intramolecular Hbond substituents is 1. The van der Waals surface area contributed by atoms with Gasteiger partial charge in [-0.05, 0) is 44.5 Å². The summed E-state index contributed by atoms with van der Waals surface area (Å²) in [4.78, 5) is 8.78. The highest BCUT2D eigenvalue weighted by Gasteiger charge is 2.17. The Morgan fingerprint density at radius 3 is 2.57 bits per heavy atom. The monoisotopic (exact) mass is 329 g/mol. The summed E-state index contributed by atoms with van der Waals surface area (Å²) >= 11 is 6.01. The van der Waals surface area contributed by atoms with Gasteiger partial charge in [0.15, 0.2) is 5.82 Å². The zero-order valence-electron chi connectivity index (χ0n) is 13.0. The van der Waals surface area contributed by atoms with Crippen LogP contribution in [0.3, 0.4) is 0 Å². The fraction of sp³-hybridized carbons (Fsp3) is 0.188. The van der Waals surface area contributed by atoms with Crippen molar-refractivity contribution in [2.75, 3.05) is 5.73 Å². The Balaban J connectivity index is 2.26. The molecule has 6 nitrogen and oxygen atoms in total. The van der Waals surface area contributed by atoms with Gasteiger partial charge in [-0.15, -0.1) is 0 Å². The molecule has 0 bridgehead atoms. The molecule has 0 aliphatic carbocycles. The van der Waals surface area contributed by atoms with E-state index < -0.39 is 0 Å². The third kappa shape index (κ3) is 2.61. The molecular formula is C16H16ClN5O. The van der Waals surface area contributed by atoms with Crippen molar-refractivity contribution in [3.05, 3.63) is 46.4 Å². The number of hydrogen-bond donors (Lipinski definition) is 2. The number of aromatic nitrogens is 4. The van der Waals surface area contributed by atoms with Gasteiger partial charge in [-0.25, -0.2) is 14.6 Å². The molecule has 2 heterocycles. The molecule has 0 unspecified atom stereocenters. The van der Waals surface area contributed by atoms with Gasteiger partial charge in [-0.3, -0.25) is 0 Å². The fourth-order valence-corrected chi connectivity index (χ4v) is 2.51. The maximum atomic E-state index is 9.60. The van der Waals surface area contributed by atoms with E-state index in [4.69, 9.17) is 17.3 Å². The molecule has 0 aliphatic rings. The van der Waals surface area contributed by atoms with Crippen LogP contribution < -0.4 is 5.73 Å². The highest BCUT2D eigenvalue weighted by atomic mass is 35.5. The van der Waals surface area contributed by atoms with E-state index >= 15 is 0 Å². The second-order valence-electron chi connectivity index (χ2n) is 5.34. The van der Waals surface area contributed by atoms with Crippen molar-refractivity contribution in [3.8, 4) is 22.8 Å². The molecule has 7 heteroatoms. The van der Waals surface area contributed by atoms with Crippen molar-refractivity contribution >= 4 is 17.4 Å². The van der Waals surface area contributed by atoms with Crippen molar-refractivity contribution in [3.63, 3.8) is 0 Å². The van der Waals surface area contributed by atoms with E-state index in [2.05, 4.69) is 15.1 Å². The first-order valence-corrected chi connectivity index (χ1v) is 7.41. The standard InChI is InChI=1S/C16H16ClN5O/c1-8-9(2)21-22(10(8)3)16-15(19-7-14(18)20-16)11-4-5-13(23)12(17)6-11/h4-7,23H,1-3H3,(H2,18,20). The molecule has 0 spiro atoms. The van der Waals surface area contributed by atoms with E-state index in [0.29, 0.717) is 17.3 Å². The van der Waals surface area contributed by atoms with E-state index in [1.165, 1.54) is 12.3 Å². The summed E-state index contributed by atoms with van der Waals surface area (Å²) in [6.07, 6.45) is 1.48. The Hall–Kier alpha value is -2.60. The van der Waals surface area contributed by atoms with Gasteiger partial charge in [-0.1, -0.05) is 11.6 Å². The molecule has 3 N–H and O–H groups in total. The number of phenols is 1. The maximum absolute atomic E-state index is 9.60. The second kappa shape index (κ2) is 5.55. The number of aryl methyl sites for hydroxylation is 1. The summed E-state index contributed by atoms with van der Waals surface area (Å²) < 4.78 is 1.73. The molecule has 0 amide bonds. The minimum absolute atomic E-state index is 0.0160. The number of aromatic hydroxyl groups is 1. The van der Waals surface area contributed by atoms with Crippen LogP contribution in [0.15, 0.2) is 24.4 Å². The minimum Gasteiger partial charge on any atom is -0.506 e. The van der Waals surface area contributed by atoms with Crippen LogP contribution in [0.1, 0.15) is 17.0 Å². The maximum Gasteiger partial charge on any atom is 0.182 e. The molecule has 1 aromatic carbocycles. The van der Waals surface area contributed by atoms with Crippen LogP contribution in [0.5, 0.6) is 5.75 Å². The zero-order valence-corrected chi connectivity index (χ0v) is 13.8. The summed E-state index contributed by atoms with van der Waals surface area (Å²) in [5.74, 6) is 0.849. The average molecular weight is 330 g/mol. The van der Waals surface area contributed by atoms with Crippen molar-refractivity contribution in [2.45, 2.75) is 20.8 Å². The largest absolute Gasteiger partial charge is 0.506 e. The predicted molar refractivity (Wildman–Crippen MR) is 89.9 cm³/mol. The van der Waals surface area contributed by atoms with Gasteiger partial charge in [0.25, 0.3) is 0 Å². The molecule has 0 saturated heterocycles. The van der Waals surface area contributed by atoms with Gasteiger partial charge < -0.3 is 10.8 Å². The third-order valence-electron chi connectivity index (χ3n) is 3.85. The van der Waals surface area contributed by atoms with Crippen LogP contribution in [-0.4, -0.2) is 24.9 Å². The van der Waals surface area contributed by atoms with Crippen LogP contribution in [0.2, 0.25) is 5.02 Å². The lowest BCUT2D eigenvalue weighted by molar-refractivity contribution is 0.475. The van der Waals surface area contributed by atoms with Crippen LogP contribution in [0, 0.1) is 20.8 Å². The highest BCUT2D eigenvalue weighted by Crippen LogP contribution is 2.31. The lowest BCUT2D eigenvalue weighted by Gasteiger charge is -2.11. The lowest BCUT2D eigenvalue weighted by Crippen LogP contribution is -2.08. The molecule has 118 valence electrons. The first-order chi connectivity index (χ1) is 10.9. The lowest BCUT2D eigenvalue weighted by atomic mass is 10.1. The summed E-state index contributed by atoms with van der Waals surface area (Å²) in [5, 5.41) is 14.4. The van der Waals surface area contributed by atoms with Crippen LogP contribution >= 0.6 is 11.6 Å². The fourth-order valence-electron chi connectivity index (χ4n) is 2.32. The summed E-state index contributed by atoms with van der Waals surface area (Å²) in [6.45, 7) is 5.91. The number of rotatable bonds is 2. The SMILES string of the molecule is Cc1nn(-c2nc(N)cnc2-c2ccc(O)c(Cl)c2)c(C)c1C. The van der Waals surface area contributed by atoms with Gasteiger partial charge in [0.05, 0.1) is 16.9 Å². The summed E-state index contributed by atoms with van der Waals surface area (Å²) in [7, 11) is 0. The number of nitrogen functional groups attached to an aromatic ring is 1. The summed E-state index contributed by atoms with van der Waals surface area (Å²) in [5.41, 5.74) is 10.1. The first kappa shape index (κ1) is 15.3. The number of hydrogen-bond acceptors (Lipinski definition) is 5. The van der Waals surface area contributed by atoms with Gasteiger partial charge in [0.2, 0.25) is 0 Å². The van der Waals surface area contributed by atoms with Gasteiger partial charge >= 0.3 is 0 Å². The molecule has 0 aliphatic heterocycles. The third-order valence-corrected chi connectivity index (χ3v) is 4.15. The normalized spacial score (nSPS) is 11.0. The zero-order chi connectivity index (χ0) is 16.7. The second-order valence-corrected chi connectivity index (χ2v) is 5.75. The Bertz CT molecular complexity index is 904. The Kier molecular flexibility index (Phi) is 3.69. The molecular weight excluding hydrogens is 314 g/mol. The van der Waals surface area contributed by atoms with Crippen molar-refractivity contribution in [1.82, 2.24) is 19.7 Å². The highest BCUT2D eigenvalue weighted by molar-refractivity contribution is 6.32. The Labute approximate surface area is 138 Å². The first-order valence-electron chi connectivity index (χ1n) is 7.03. The van der Waals surface area contributed by atoms with E-state index in [1.807, 2.05) is 20.8 Å². The predicted octanol–water partition coefficient (Wildman–Crippen LogP) is 3.20. The number of nitrogens with two attached hydrogens (primary N) is 1. The van der Waals surface area contributed by atoms with E-state index in [1.54, 1.807) is 16.8 Å². The summed E-state index contributed by atoms with van der Waals surface area (Å²) in [6, 6.07) is 4.88. The Morgan fingerprint density at radius 2 is 1.96 bits per heavy atom. The molecule has 3 aromatic rings. The molecule has 0 fully saturated rings. The van der Waals surface area contributed by atoms with Crippen LogP contribution in [-0.2, 0) is 0 Å². The smallest absolute Gasteiger partial charge is 0.182 e. The number of nitrogens with zero attached hydrogens (tertiary/aromatic N) is 4. The number of benzene rings is 1. The van der Waals surface area contributed by atoms with E-state index in [0.717, 1.165) is 22.5 Å². The number of anilines is 1. The van der Waals surface area contributed by atoms with E-state index in [9.17, 15) is 5.11 Å². The minimum atomic E-state index is 0.0160. The van der Waals surface area contributed by atoms with Crippen LogP contribution in [0.4, 0.5) is 5.82 Å². The Morgan fingerprint density at radius 1 is 1.22 bits per heavy atom. The van der Waals surface area contributed by atoms with Crippen molar-refractivity contribution in [2.24, 2.45) is 0 Å². The molecule has 0 atom stereocenters. The van der Waals surface area contributed by atoms with E-state index in [-0.39, 0.29) is 10.8 Å². The van der Waals surface area contributed by atoms with Crippen LogP contribution in [0.25, 0.3) is 17.1 Å². The molecule has 0 saturated carbocycles. The van der Waals surface area contributed by atoms with Gasteiger partial charge in [0, 0.05) is 11.3 Å². The molecule has 3 rings (SSSR count). The van der Waals surface area contributed by atoms with Crippen molar-refractivity contribution in [1.29, 1.82) is 0 Å². The molecule has 0 radical (unpaired) electrons. The molecule has 2 aromatic heterocycles. The van der Waals surface area contributed by atoms with Gasteiger partial charge in [-0.2, -0.15) is 5.10 Å². The quantitative estimate of drug-likeness (QED) is 0.753. The van der Waals surface area contributed by atoms with Crippen molar-refractivity contribution < 1.29 is 5.11 Å². The van der Waals surface area contributed by atoms with Gasteiger partial charge in [0.1, 0.15) is 17.3 Å². The average Bonchev–Trinajstić information content (AvgIpc) is 2.77. The topological polar surface area (TPSA) is 89.9 Å².